The molecule has 1 heterocycles. The Labute approximate surface area is 220 Å². The Bertz CT molecular complexity index is 1140. The normalized spacial score (nSPS) is 13.3. The van der Waals surface area contributed by atoms with Crippen molar-refractivity contribution in [3.05, 3.63) is 58.4 Å². The smallest absolute Gasteiger partial charge is 0.466 e. The number of aliphatic hydroxyl groups excluding tert-OH is 1. The number of unbranched alkanes of at least 4 members (excludes halogenated alkanes) is 1. The van der Waals surface area contributed by atoms with Crippen LogP contribution in [0.25, 0.3) is 0 Å². The first-order valence-corrected chi connectivity index (χ1v) is 12.9. The molecule has 38 heavy (non-hydrogen) atoms. The molecule has 0 saturated carbocycles. The van der Waals surface area contributed by atoms with Crippen LogP contribution >= 0.6 is 0 Å². The Hall–Kier alpha value is -3.14. The quantitative estimate of drug-likeness (QED) is 0.241. The van der Waals surface area contributed by atoms with Crippen LogP contribution in [0.2, 0.25) is 0 Å². The molecule has 1 amide bonds. The molecule has 0 aromatic heterocycles. The number of benzene rings is 2. The molecule has 2 aromatic carbocycles. The van der Waals surface area contributed by atoms with Gasteiger partial charge in [-0.2, -0.15) is 13.2 Å². The van der Waals surface area contributed by atoms with Crippen molar-refractivity contribution in [2.75, 3.05) is 36.1 Å². The minimum atomic E-state index is -5.16. The number of carbonyl (C=O) groups is 2. The lowest BCUT2D eigenvalue weighted by Crippen LogP contribution is -2.41. The monoisotopic (exact) mass is 538 g/mol. The summed E-state index contributed by atoms with van der Waals surface area (Å²) in [7, 11) is 0. The molecule has 3 rings (SSSR count). The van der Waals surface area contributed by atoms with Crippen LogP contribution in [-0.2, 0) is 33.7 Å². The van der Waals surface area contributed by atoms with Gasteiger partial charge in [0.2, 0.25) is 0 Å². The van der Waals surface area contributed by atoms with Gasteiger partial charge in [-0.1, -0.05) is 18.2 Å². The predicted octanol–water partition coefficient (Wildman–Crippen LogP) is 5.25. The van der Waals surface area contributed by atoms with E-state index in [1.165, 1.54) is 12.1 Å². The predicted molar refractivity (Wildman–Crippen MR) is 137 cm³/mol. The number of nitrogens with zero attached hydrogens (tertiary/aromatic N) is 2. The molecular formula is C28H34F4N2O4. The van der Waals surface area contributed by atoms with Gasteiger partial charge in [0.25, 0.3) is 0 Å². The highest BCUT2D eigenvalue weighted by Gasteiger charge is 2.43. The Morgan fingerprint density at radius 3 is 2.53 bits per heavy atom. The van der Waals surface area contributed by atoms with E-state index in [1.54, 1.807) is 13.0 Å². The summed E-state index contributed by atoms with van der Waals surface area (Å²) in [5.41, 5.74) is 3.27. The number of anilines is 2. The molecule has 208 valence electrons. The number of rotatable bonds is 11. The third kappa shape index (κ3) is 7.24. The third-order valence-corrected chi connectivity index (χ3v) is 6.72. The maximum absolute atomic E-state index is 14.9. The van der Waals surface area contributed by atoms with Crippen molar-refractivity contribution in [1.29, 1.82) is 0 Å². The fraction of sp³-hybridized carbons (Fsp3) is 0.500. The zero-order valence-corrected chi connectivity index (χ0v) is 21.7. The number of aliphatic hydroxyl groups is 1. The maximum Gasteiger partial charge on any atom is 0.471 e. The molecule has 1 aliphatic rings. The lowest BCUT2D eigenvalue weighted by atomic mass is 9.94. The molecular weight excluding hydrogens is 504 g/mol. The largest absolute Gasteiger partial charge is 0.471 e. The molecule has 0 aliphatic carbocycles. The molecule has 6 nitrogen and oxygen atoms in total. The Kier molecular flexibility index (Phi) is 10.1. The van der Waals surface area contributed by atoms with Gasteiger partial charge >= 0.3 is 18.1 Å². The van der Waals surface area contributed by atoms with Gasteiger partial charge in [-0.05, 0) is 80.3 Å². The molecule has 0 spiro atoms. The van der Waals surface area contributed by atoms with Crippen LogP contribution in [0.4, 0.5) is 28.9 Å². The van der Waals surface area contributed by atoms with Crippen molar-refractivity contribution >= 4 is 23.3 Å². The zero-order valence-electron chi connectivity index (χ0n) is 21.7. The molecule has 1 N–H and O–H groups in total. The average molecular weight is 539 g/mol. The summed E-state index contributed by atoms with van der Waals surface area (Å²) < 4.78 is 60.5. The number of amides is 1. The number of carbonyl (C=O) groups excluding carboxylic acids is 2. The van der Waals surface area contributed by atoms with Crippen LogP contribution < -0.4 is 9.80 Å². The van der Waals surface area contributed by atoms with Crippen LogP contribution in [0, 0.1) is 12.7 Å². The summed E-state index contributed by atoms with van der Waals surface area (Å²) in [5.74, 6) is -3.39. The Balaban J connectivity index is 1.92. The van der Waals surface area contributed by atoms with Crippen molar-refractivity contribution in [3.63, 3.8) is 0 Å². The average Bonchev–Trinajstić information content (AvgIpc) is 2.87. The van der Waals surface area contributed by atoms with Crippen LogP contribution in [-0.4, -0.2) is 49.5 Å². The number of ether oxygens (including phenoxy) is 1. The number of esters is 1. The SMILES string of the molecule is CCOC(=O)CCc1ccc(N(Cc2ccc3c(c2C)N(CCCCO)CCC3)C(=O)C(F)(F)F)cc1F. The first kappa shape index (κ1) is 29.4. The molecule has 0 fully saturated rings. The van der Waals surface area contributed by atoms with Gasteiger partial charge < -0.3 is 19.6 Å². The molecule has 0 radical (unpaired) electrons. The van der Waals surface area contributed by atoms with E-state index in [4.69, 9.17) is 9.84 Å². The summed E-state index contributed by atoms with van der Waals surface area (Å²) in [6.45, 7) is 4.88. The van der Waals surface area contributed by atoms with Crippen molar-refractivity contribution in [2.24, 2.45) is 0 Å². The van der Waals surface area contributed by atoms with E-state index in [-0.39, 0.29) is 43.9 Å². The summed E-state index contributed by atoms with van der Waals surface area (Å²) >= 11 is 0. The number of aryl methyl sites for hydroxylation is 2. The van der Waals surface area contributed by atoms with Gasteiger partial charge in [0.05, 0.1) is 13.2 Å². The van der Waals surface area contributed by atoms with E-state index in [2.05, 4.69) is 4.90 Å². The second kappa shape index (κ2) is 13.1. The van der Waals surface area contributed by atoms with Crippen molar-refractivity contribution in [3.8, 4) is 0 Å². The van der Waals surface area contributed by atoms with Gasteiger partial charge in [-0.3, -0.25) is 9.59 Å². The fourth-order valence-corrected chi connectivity index (χ4v) is 4.80. The molecule has 0 atom stereocenters. The topological polar surface area (TPSA) is 70.1 Å². The lowest BCUT2D eigenvalue weighted by Gasteiger charge is -2.34. The first-order valence-electron chi connectivity index (χ1n) is 12.9. The second-order valence-electron chi connectivity index (χ2n) is 9.35. The van der Waals surface area contributed by atoms with E-state index in [1.807, 2.05) is 13.0 Å². The van der Waals surface area contributed by atoms with Crippen LogP contribution in [0.5, 0.6) is 0 Å². The Morgan fingerprint density at radius 1 is 1.13 bits per heavy atom. The van der Waals surface area contributed by atoms with E-state index in [0.717, 1.165) is 48.7 Å². The van der Waals surface area contributed by atoms with Gasteiger partial charge in [-0.15, -0.1) is 0 Å². The minimum Gasteiger partial charge on any atom is -0.466 e. The van der Waals surface area contributed by atoms with Gasteiger partial charge in [0, 0.05) is 37.5 Å². The molecule has 0 unspecified atom stereocenters. The number of hydrogen-bond donors (Lipinski definition) is 1. The number of alkyl halides is 3. The van der Waals surface area contributed by atoms with Crippen molar-refractivity contribution in [1.82, 2.24) is 0 Å². The molecule has 2 aromatic rings. The summed E-state index contributed by atoms with van der Waals surface area (Å²) in [5, 5.41) is 9.13. The molecule has 0 bridgehead atoms. The second-order valence-corrected chi connectivity index (χ2v) is 9.35. The highest BCUT2D eigenvalue weighted by molar-refractivity contribution is 5.97. The van der Waals surface area contributed by atoms with Gasteiger partial charge in [-0.25, -0.2) is 4.39 Å². The number of halogens is 4. The van der Waals surface area contributed by atoms with E-state index in [0.29, 0.717) is 23.4 Å². The van der Waals surface area contributed by atoms with Gasteiger partial charge in [0.15, 0.2) is 0 Å². The summed E-state index contributed by atoms with van der Waals surface area (Å²) in [6.07, 6.45) is -1.98. The first-order chi connectivity index (χ1) is 18.1. The Morgan fingerprint density at radius 2 is 1.87 bits per heavy atom. The molecule has 10 heteroatoms. The van der Waals surface area contributed by atoms with E-state index < -0.39 is 23.9 Å². The van der Waals surface area contributed by atoms with Crippen molar-refractivity contribution in [2.45, 2.75) is 65.1 Å². The molecule has 0 saturated heterocycles. The maximum atomic E-state index is 14.9. The number of hydrogen-bond acceptors (Lipinski definition) is 5. The van der Waals surface area contributed by atoms with E-state index in [9.17, 15) is 27.2 Å². The molecule has 1 aliphatic heterocycles. The highest BCUT2D eigenvalue weighted by atomic mass is 19.4. The van der Waals surface area contributed by atoms with E-state index >= 15 is 0 Å². The van der Waals surface area contributed by atoms with Crippen LogP contribution in [0.3, 0.4) is 0 Å². The third-order valence-electron chi connectivity index (χ3n) is 6.72. The summed E-state index contributed by atoms with van der Waals surface area (Å²) in [4.78, 5) is 26.8. The summed E-state index contributed by atoms with van der Waals surface area (Å²) in [6, 6.07) is 7.07. The van der Waals surface area contributed by atoms with Crippen molar-refractivity contribution < 1.29 is 37.0 Å². The highest BCUT2D eigenvalue weighted by Crippen LogP contribution is 2.35. The van der Waals surface area contributed by atoms with Crippen LogP contribution in [0.1, 0.15) is 54.9 Å². The minimum absolute atomic E-state index is 0.0220. The fourth-order valence-electron chi connectivity index (χ4n) is 4.80. The number of fused-ring (bicyclic) bond motifs is 1. The zero-order chi connectivity index (χ0) is 27.9. The standard InChI is InChI=1S/C28H34F4N2O4/c1-3-38-25(36)13-11-20-10-12-23(17-24(20)29)34(27(37)28(30,31)32)18-22-9-8-21-7-6-15-33(14-4-5-16-35)26(21)19(22)2/h8-10,12,17,35H,3-7,11,13-16,18H2,1-2H3. The van der Waals surface area contributed by atoms with Crippen LogP contribution in [0.15, 0.2) is 30.3 Å². The lowest BCUT2D eigenvalue weighted by molar-refractivity contribution is -0.170. The van der Waals surface area contributed by atoms with Gasteiger partial charge in [0.1, 0.15) is 5.82 Å².